The maximum Gasteiger partial charge on any atom is 0.193 e. The van der Waals surface area contributed by atoms with E-state index in [0.29, 0.717) is 23.3 Å². The highest BCUT2D eigenvalue weighted by atomic mass is 16.3. The van der Waals surface area contributed by atoms with E-state index in [1.807, 2.05) is 59.4 Å². The average molecular weight is 388 g/mol. The van der Waals surface area contributed by atoms with Gasteiger partial charge in [-0.25, -0.2) is 0 Å². The van der Waals surface area contributed by atoms with E-state index in [2.05, 4.69) is 22.6 Å². The fourth-order valence-electron chi connectivity index (χ4n) is 3.26. The SMILES string of the molecule is CCCCCn1cc(CNc2ccc3oc(-c4ccccc4)cc(=O)c3c2)nn1. The summed E-state index contributed by atoms with van der Waals surface area (Å²) in [7, 11) is 0. The third kappa shape index (κ3) is 4.54. The van der Waals surface area contributed by atoms with Crippen LogP contribution in [0.5, 0.6) is 0 Å². The van der Waals surface area contributed by atoms with E-state index in [-0.39, 0.29) is 5.43 Å². The van der Waals surface area contributed by atoms with Gasteiger partial charge in [-0.3, -0.25) is 9.48 Å². The molecule has 29 heavy (non-hydrogen) atoms. The molecule has 6 heteroatoms. The summed E-state index contributed by atoms with van der Waals surface area (Å²) >= 11 is 0. The molecule has 0 saturated heterocycles. The van der Waals surface area contributed by atoms with Gasteiger partial charge in [-0.05, 0) is 24.6 Å². The molecule has 0 saturated carbocycles. The Labute approximate surface area is 169 Å². The third-order valence-electron chi connectivity index (χ3n) is 4.84. The molecule has 6 nitrogen and oxygen atoms in total. The summed E-state index contributed by atoms with van der Waals surface area (Å²) in [5.74, 6) is 0.573. The molecule has 0 aliphatic carbocycles. The van der Waals surface area contributed by atoms with E-state index in [0.717, 1.165) is 29.9 Å². The van der Waals surface area contributed by atoms with E-state index >= 15 is 0 Å². The molecular formula is C23H24N4O2. The Hall–Kier alpha value is -3.41. The Morgan fingerprint density at radius 1 is 1.07 bits per heavy atom. The number of aryl methyl sites for hydroxylation is 1. The Morgan fingerprint density at radius 2 is 1.93 bits per heavy atom. The zero-order valence-electron chi connectivity index (χ0n) is 16.5. The predicted molar refractivity (Wildman–Crippen MR) is 115 cm³/mol. The summed E-state index contributed by atoms with van der Waals surface area (Å²) in [4.78, 5) is 12.6. The van der Waals surface area contributed by atoms with Crippen molar-refractivity contribution in [1.82, 2.24) is 15.0 Å². The quantitative estimate of drug-likeness (QED) is 0.437. The van der Waals surface area contributed by atoms with Gasteiger partial charge in [0.05, 0.1) is 18.1 Å². The molecule has 1 N–H and O–H groups in total. The molecule has 4 rings (SSSR count). The summed E-state index contributed by atoms with van der Waals surface area (Å²) in [6.07, 6.45) is 5.45. The number of fused-ring (bicyclic) bond motifs is 1. The third-order valence-corrected chi connectivity index (χ3v) is 4.84. The van der Waals surface area contributed by atoms with E-state index in [9.17, 15) is 4.79 Å². The zero-order chi connectivity index (χ0) is 20.1. The van der Waals surface area contributed by atoms with Gasteiger partial charge in [-0.2, -0.15) is 0 Å². The summed E-state index contributed by atoms with van der Waals surface area (Å²) in [6.45, 7) is 3.62. The van der Waals surface area contributed by atoms with Crippen LogP contribution in [0.15, 0.2) is 70.0 Å². The molecule has 2 heterocycles. The number of anilines is 1. The van der Waals surface area contributed by atoms with E-state index < -0.39 is 0 Å². The lowest BCUT2D eigenvalue weighted by molar-refractivity contribution is 0.537. The van der Waals surface area contributed by atoms with Crippen LogP contribution in [-0.2, 0) is 13.1 Å². The van der Waals surface area contributed by atoms with Crippen molar-refractivity contribution in [3.05, 3.63) is 76.7 Å². The minimum Gasteiger partial charge on any atom is -0.456 e. The highest BCUT2D eigenvalue weighted by Crippen LogP contribution is 2.23. The normalized spacial score (nSPS) is 11.1. The predicted octanol–water partition coefficient (Wildman–Crippen LogP) is 4.85. The van der Waals surface area contributed by atoms with Crippen molar-refractivity contribution < 1.29 is 4.42 Å². The van der Waals surface area contributed by atoms with Gasteiger partial charge in [-0.1, -0.05) is 55.3 Å². The molecule has 0 bridgehead atoms. The van der Waals surface area contributed by atoms with Crippen molar-refractivity contribution in [3.8, 4) is 11.3 Å². The van der Waals surface area contributed by atoms with Gasteiger partial charge >= 0.3 is 0 Å². The largest absolute Gasteiger partial charge is 0.456 e. The monoisotopic (exact) mass is 388 g/mol. The summed E-state index contributed by atoms with van der Waals surface area (Å²) in [5.41, 5.74) is 3.11. The molecule has 0 radical (unpaired) electrons. The second kappa shape index (κ2) is 8.73. The lowest BCUT2D eigenvalue weighted by Crippen LogP contribution is -2.03. The van der Waals surface area contributed by atoms with Gasteiger partial charge < -0.3 is 9.73 Å². The standard InChI is InChI=1S/C23H24N4O2/c1-2-3-7-12-27-16-19(25-26-27)15-24-18-10-11-22-20(13-18)21(28)14-23(29-22)17-8-5-4-6-9-17/h4-6,8-11,13-14,16,24H,2-3,7,12,15H2,1H3. The highest BCUT2D eigenvalue weighted by Gasteiger charge is 2.08. The van der Waals surface area contributed by atoms with Crippen LogP contribution in [0.3, 0.4) is 0 Å². The van der Waals surface area contributed by atoms with Crippen molar-refractivity contribution in [1.29, 1.82) is 0 Å². The second-order valence-electron chi connectivity index (χ2n) is 7.09. The topological polar surface area (TPSA) is 73.0 Å². The Morgan fingerprint density at radius 3 is 2.76 bits per heavy atom. The summed E-state index contributed by atoms with van der Waals surface area (Å²) in [5, 5.41) is 12.2. The number of benzene rings is 2. The molecule has 0 spiro atoms. The van der Waals surface area contributed by atoms with Crippen molar-refractivity contribution in [3.63, 3.8) is 0 Å². The lowest BCUT2D eigenvalue weighted by atomic mass is 10.1. The van der Waals surface area contributed by atoms with E-state index in [1.165, 1.54) is 12.8 Å². The average Bonchev–Trinajstić information content (AvgIpc) is 3.21. The van der Waals surface area contributed by atoms with Gasteiger partial charge in [-0.15, -0.1) is 5.10 Å². The van der Waals surface area contributed by atoms with Crippen LogP contribution >= 0.6 is 0 Å². The molecule has 0 fully saturated rings. The molecule has 2 aromatic heterocycles. The van der Waals surface area contributed by atoms with Crippen molar-refractivity contribution in [2.75, 3.05) is 5.32 Å². The molecular weight excluding hydrogens is 364 g/mol. The molecule has 0 amide bonds. The highest BCUT2D eigenvalue weighted by molar-refractivity contribution is 5.82. The Kier molecular flexibility index (Phi) is 5.70. The number of aromatic nitrogens is 3. The first kappa shape index (κ1) is 18.9. The molecule has 4 aromatic rings. The Bertz CT molecular complexity index is 1150. The minimum absolute atomic E-state index is 0.0596. The summed E-state index contributed by atoms with van der Waals surface area (Å²) < 4.78 is 7.82. The fraction of sp³-hybridized carbons (Fsp3) is 0.261. The summed E-state index contributed by atoms with van der Waals surface area (Å²) in [6, 6.07) is 16.7. The van der Waals surface area contributed by atoms with Crippen LogP contribution < -0.4 is 10.7 Å². The van der Waals surface area contributed by atoms with Crippen LogP contribution in [0.4, 0.5) is 5.69 Å². The van der Waals surface area contributed by atoms with Crippen LogP contribution in [0.25, 0.3) is 22.3 Å². The number of nitrogens with one attached hydrogen (secondary N) is 1. The van der Waals surface area contributed by atoms with Gasteiger partial charge in [0.25, 0.3) is 0 Å². The zero-order valence-corrected chi connectivity index (χ0v) is 16.5. The maximum atomic E-state index is 12.6. The van der Waals surface area contributed by atoms with Crippen molar-refractivity contribution in [2.45, 2.75) is 39.3 Å². The van der Waals surface area contributed by atoms with Crippen LogP contribution in [0.1, 0.15) is 31.9 Å². The van der Waals surface area contributed by atoms with Gasteiger partial charge in [0.2, 0.25) is 0 Å². The first-order valence-corrected chi connectivity index (χ1v) is 9.99. The van der Waals surface area contributed by atoms with Crippen molar-refractivity contribution >= 4 is 16.7 Å². The number of hydrogen-bond donors (Lipinski definition) is 1. The van der Waals surface area contributed by atoms with Crippen molar-refractivity contribution in [2.24, 2.45) is 0 Å². The Balaban J connectivity index is 1.48. The van der Waals surface area contributed by atoms with Crippen LogP contribution in [0.2, 0.25) is 0 Å². The van der Waals surface area contributed by atoms with Crippen LogP contribution in [0, 0.1) is 0 Å². The fourth-order valence-corrected chi connectivity index (χ4v) is 3.26. The number of rotatable bonds is 8. The minimum atomic E-state index is -0.0596. The second-order valence-corrected chi connectivity index (χ2v) is 7.09. The lowest BCUT2D eigenvalue weighted by Gasteiger charge is -2.07. The molecule has 0 atom stereocenters. The molecule has 148 valence electrons. The van der Waals surface area contributed by atoms with Gasteiger partial charge in [0.1, 0.15) is 17.0 Å². The van der Waals surface area contributed by atoms with E-state index in [1.54, 1.807) is 6.07 Å². The van der Waals surface area contributed by atoms with Crippen LogP contribution in [-0.4, -0.2) is 15.0 Å². The first-order chi connectivity index (χ1) is 14.2. The van der Waals surface area contributed by atoms with Gasteiger partial charge in [0, 0.05) is 23.9 Å². The molecule has 2 aromatic carbocycles. The molecule has 0 aliphatic rings. The number of nitrogens with zero attached hydrogens (tertiary/aromatic N) is 3. The number of hydrogen-bond acceptors (Lipinski definition) is 5. The molecule has 0 aliphatic heterocycles. The molecule has 0 unspecified atom stereocenters. The number of unbranched alkanes of at least 4 members (excludes halogenated alkanes) is 2. The first-order valence-electron chi connectivity index (χ1n) is 9.99. The van der Waals surface area contributed by atoms with Gasteiger partial charge in [0.15, 0.2) is 5.43 Å². The van der Waals surface area contributed by atoms with E-state index in [4.69, 9.17) is 4.42 Å². The maximum absolute atomic E-state index is 12.6. The smallest absolute Gasteiger partial charge is 0.193 e.